The highest BCUT2D eigenvalue weighted by atomic mass is 32.2. The molecule has 29 heavy (non-hydrogen) atoms. The fourth-order valence-electron chi connectivity index (χ4n) is 3.16. The van der Waals surface area contributed by atoms with Crippen molar-refractivity contribution in [1.82, 2.24) is 19.0 Å². The summed E-state index contributed by atoms with van der Waals surface area (Å²) in [7, 11) is -2.06. The van der Waals surface area contributed by atoms with Crippen molar-refractivity contribution in [1.29, 1.82) is 0 Å². The van der Waals surface area contributed by atoms with Crippen molar-refractivity contribution in [3.05, 3.63) is 47.8 Å². The monoisotopic (exact) mass is 430 g/mol. The van der Waals surface area contributed by atoms with Crippen LogP contribution in [-0.4, -0.2) is 59.5 Å². The standard InChI is InChI=1S/C18H21F3N4O3S/c1-23-13-16(12-22-23)29(27,28)25-8-2-7-24(9-10-25)17(26)11-14-3-5-15(6-4-14)18(19,20)21/h3-6,12-13H,2,7-11H2,1H3. The molecule has 0 radical (unpaired) electrons. The van der Waals surface area contributed by atoms with E-state index in [4.69, 9.17) is 0 Å². The van der Waals surface area contributed by atoms with Crippen molar-refractivity contribution in [2.75, 3.05) is 26.2 Å². The summed E-state index contributed by atoms with van der Waals surface area (Å²) in [6, 6.07) is 4.48. The number of halogens is 3. The topological polar surface area (TPSA) is 75.5 Å². The molecule has 0 bridgehead atoms. The minimum Gasteiger partial charge on any atom is -0.341 e. The lowest BCUT2D eigenvalue weighted by molar-refractivity contribution is -0.137. The largest absolute Gasteiger partial charge is 0.416 e. The van der Waals surface area contributed by atoms with Gasteiger partial charge in [0.1, 0.15) is 4.90 Å². The summed E-state index contributed by atoms with van der Waals surface area (Å²) < 4.78 is 66.1. The molecular formula is C18H21F3N4O3S. The molecule has 158 valence electrons. The summed E-state index contributed by atoms with van der Waals surface area (Å²) in [5.74, 6) is -0.245. The van der Waals surface area contributed by atoms with E-state index in [0.717, 1.165) is 12.1 Å². The van der Waals surface area contributed by atoms with Crippen molar-refractivity contribution in [2.24, 2.45) is 7.05 Å². The highest BCUT2D eigenvalue weighted by Gasteiger charge is 2.31. The molecule has 3 rings (SSSR count). The van der Waals surface area contributed by atoms with E-state index in [2.05, 4.69) is 5.10 Å². The van der Waals surface area contributed by atoms with Gasteiger partial charge in [0.2, 0.25) is 15.9 Å². The van der Waals surface area contributed by atoms with E-state index in [1.807, 2.05) is 0 Å². The van der Waals surface area contributed by atoms with E-state index in [-0.39, 0.29) is 36.9 Å². The molecule has 0 spiro atoms. The predicted molar refractivity (Wildman–Crippen MR) is 98.3 cm³/mol. The Balaban J connectivity index is 1.62. The number of nitrogens with zero attached hydrogens (tertiary/aromatic N) is 4. The Hall–Kier alpha value is -2.40. The van der Waals surface area contributed by atoms with Crippen LogP contribution in [0.4, 0.5) is 13.2 Å². The third-order valence-electron chi connectivity index (χ3n) is 4.76. The molecule has 1 fully saturated rings. The number of carbonyl (C=O) groups is 1. The van der Waals surface area contributed by atoms with Crippen molar-refractivity contribution in [2.45, 2.75) is 23.9 Å². The summed E-state index contributed by atoms with van der Waals surface area (Å²) in [5, 5.41) is 3.89. The first-order chi connectivity index (χ1) is 13.6. The van der Waals surface area contributed by atoms with Gasteiger partial charge >= 0.3 is 6.18 Å². The lowest BCUT2D eigenvalue weighted by atomic mass is 10.1. The van der Waals surface area contributed by atoms with Crippen LogP contribution < -0.4 is 0 Å². The maximum absolute atomic E-state index is 12.7. The summed E-state index contributed by atoms with van der Waals surface area (Å²) in [6.45, 7) is 1.04. The van der Waals surface area contributed by atoms with Gasteiger partial charge in [0, 0.05) is 39.4 Å². The second-order valence-corrected chi connectivity index (χ2v) is 8.80. The normalized spacial score (nSPS) is 16.6. The molecule has 1 aromatic heterocycles. The van der Waals surface area contributed by atoms with Crippen LogP contribution in [0.1, 0.15) is 17.5 Å². The molecule has 1 aromatic carbocycles. The number of benzene rings is 1. The number of aryl methyl sites for hydroxylation is 1. The molecule has 1 aliphatic rings. The summed E-state index contributed by atoms with van der Waals surface area (Å²) in [5.41, 5.74) is -0.285. The molecule has 2 heterocycles. The van der Waals surface area contributed by atoms with E-state index in [1.54, 1.807) is 11.9 Å². The average Bonchev–Trinajstić information content (AvgIpc) is 2.94. The van der Waals surface area contributed by atoms with Crippen LogP contribution in [-0.2, 0) is 34.5 Å². The van der Waals surface area contributed by atoms with Gasteiger partial charge < -0.3 is 4.90 Å². The van der Waals surface area contributed by atoms with Crippen LogP contribution in [0, 0.1) is 0 Å². The molecule has 0 aliphatic carbocycles. The van der Waals surface area contributed by atoms with E-state index in [1.165, 1.54) is 33.5 Å². The van der Waals surface area contributed by atoms with Crippen LogP contribution in [0.15, 0.2) is 41.6 Å². The van der Waals surface area contributed by atoms with Gasteiger partial charge in [-0.2, -0.15) is 22.6 Å². The number of aromatic nitrogens is 2. The number of amides is 1. The Morgan fingerprint density at radius 2 is 1.79 bits per heavy atom. The highest BCUT2D eigenvalue weighted by molar-refractivity contribution is 7.89. The highest BCUT2D eigenvalue weighted by Crippen LogP contribution is 2.29. The third kappa shape index (κ3) is 4.96. The molecular weight excluding hydrogens is 409 g/mol. The van der Waals surface area contributed by atoms with Gasteiger partial charge in [-0.15, -0.1) is 0 Å². The first-order valence-electron chi connectivity index (χ1n) is 9.00. The number of rotatable bonds is 4. The van der Waals surface area contributed by atoms with E-state index in [9.17, 15) is 26.4 Å². The maximum Gasteiger partial charge on any atom is 0.416 e. The third-order valence-corrected chi connectivity index (χ3v) is 6.61. The molecule has 11 heteroatoms. The zero-order valence-corrected chi connectivity index (χ0v) is 16.6. The molecule has 0 N–H and O–H groups in total. The van der Waals surface area contributed by atoms with E-state index in [0.29, 0.717) is 18.5 Å². The molecule has 2 aromatic rings. The number of alkyl halides is 3. The van der Waals surface area contributed by atoms with Crippen molar-refractivity contribution in [3.8, 4) is 0 Å². The van der Waals surface area contributed by atoms with Crippen molar-refractivity contribution in [3.63, 3.8) is 0 Å². The zero-order chi connectivity index (χ0) is 21.2. The van der Waals surface area contributed by atoms with Gasteiger partial charge in [0.25, 0.3) is 0 Å². The Morgan fingerprint density at radius 3 is 2.38 bits per heavy atom. The van der Waals surface area contributed by atoms with Gasteiger partial charge in [-0.1, -0.05) is 12.1 Å². The second-order valence-electron chi connectivity index (χ2n) is 6.86. The minimum absolute atomic E-state index is 0.0342. The zero-order valence-electron chi connectivity index (χ0n) is 15.8. The van der Waals surface area contributed by atoms with Gasteiger partial charge in [0.15, 0.2) is 0 Å². The first kappa shape index (κ1) is 21.3. The molecule has 7 nitrogen and oxygen atoms in total. The fourth-order valence-corrected chi connectivity index (χ4v) is 4.62. The predicted octanol–water partition coefficient (Wildman–Crippen LogP) is 1.90. The molecule has 1 amide bonds. The van der Waals surface area contributed by atoms with Crippen LogP contribution in [0.25, 0.3) is 0 Å². The Morgan fingerprint density at radius 1 is 1.10 bits per heavy atom. The van der Waals surface area contributed by atoms with Crippen LogP contribution >= 0.6 is 0 Å². The molecule has 1 aliphatic heterocycles. The SMILES string of the molecule is Cn1cc(S(=O)(=O)N2CCCN(C(=O)Cc3ccc(C(F)(F)F)cc3)CC2)cn1. The lowest BCUT2D eigenvalue weighted by Crippen LogP contribution is -2.37. The van der Waals surface area contributed by atoms with Crippen LogP contribution in [0.5, 0.6) is 0 Å². The molecule has 0 unspecified atom stereocenters. The number of sulfonamides is 1. The summed E-state index contributed by atoms with van der Waals surface area (Å²) in [6.07, 6.45) is -1.27. The number of hydrogen-bond donors (Lipinski definition) is 0. The Bertz CT molecular complexity index is 971. The molecule has 1 saturated heterocycles. The average molecular weight is 430 g/mol. The minimum atomic E-state index is -4.42. The summed E-state index contributed by atoms with van der Waals surface area (Å²) >= 11 is 0. The maximum atomic E-state index is 12.7. The first-order valence-corrected chi connectivity index (χ1v) is 10.4. The molecule has 0 atom stereocenters. The fraction of sp³-hybridized carbons (Fsp3) is 0.444. The van der Waals surface area contributed by atoms with Crippen LogP contribution in [0.3, 0.4) is 0 Å². The number of hydrogen-bond acceptors (Lipinski definition) is 4. The number of carbonyl (C=O) groups excluding carboxylic acids is 1. The quantitative estimate of drug-likeness (QED) is 0.743. The smallest absolute Gasteiger partial charge is 0.341 e. The Kier molecular flexibility index (Phi) is 5.99. The van der Waals surface area contributed by atoms with E-state index < -0.39 is 21.8 Å². The summed E-state index contributed by atoms with van der Waals surface area (Å²) in [4.78, 5) is 14.2. The Labute approximate surface area is 166 Å². The van der Waals surface area contributed by atoms with Crippen molar-refractivity contribution >= 4 is 15.9 Å². The van der Waals surface area contributed by atoms with E-state index >= 15 is 0 Å². The van der Waals surface area contributed by atoms with Crippen LogP contribution in [0.2, 0.25) is 0 Å². The molecule has 0 saturated carbocycles. The van der Waals surface area contributed by atoms with Crippen molar-refractivity contribution < 1.29 is 26.4 Å². The second kappa shape index (κ2) is 8.15. The van der Waals surface area contributed by atoms with Gasteiger partial charge in [-0.25, -0.2) is 8.42 Å². The van der Waals surface area contributed by atoms with Gasteiger partial charge in [-0.05, 0) is 24.1 Å². The van der Waals surface area contributed by atoms with Gasteiger partial charge in [-0.3, -0.25) is 9.48 Å². The van der Waals surface area contributed by atoms with Gasteiger partial charge in [0.05, 0.1) is 18.2 Å². The lowest BCUT2D eigenvalue weighted by Gasteiger charge is -2.21.